The number of nitrogens with zero attached hydrogens (tertiary/aromatic N) is 3. The van der Waals surface area contributed by atoms with Gasteiger partial charge >= 0.3 is 0 Å². The average Bonchev–Trinajstić information content (AvgIpc) is 2.60. The maximum absolute atomic E-state index is 12.2. The molecule has 1 aliphatic heterocycles. The van der Waals surface area contributed by atoms with Crippen molar-refractivity contribution >= 4 is 5.95 Å². The van der Waals surface area contributed by atoms with E-state index < -0.39 is 0 Å². The number of benzene rings is 1. The average molecular weight is 331 g/mol. The summed E-state index contributed by atoms with van der Waals surface area (Å²) in [6, 6.07) is 7.56. The molecule has 8 nitrogen and oxygen atoms in total. The van der Waals surface area contributed by atoms with Gasteiger partial charge in [-0.3, -0.25) is 15.2 Å². The molecule has 0 aliphatic carbocycles. The van der Waals surface area contributed by atoms with E-state index in [1.54, 1.807) is 7.11 Å². The topological polar surface area (TPSA) is 87.6 Å². The van der Waals surface area contributed by atoms with E-state index in [2.05, 4.69) is 32.7 Å². The number of aromatic nitrogens is 3. The minimum absolute atomic E-state index is 0.219. The number of likely N-dealkylation sites (N-methyl/N-ethyl adjacent to an activating group) is 1. The Labute approximate surface area is 140 Å². The monoisotopic (exact) mass is 331 g/mol. The molecule has 0 unspecified atom stereocenters. The van der Waals surface area contributed by atoms with Gasteiger partial charge in [0.05, 0.1) is 40.3 Å². The van der Waals surface area contributed by atoms with E-state index in [-0.39, 0.29) is 5.56 Å². The number of hydrogen-bond acceptors (Lipinski definition) is 6. The van der Waals surface area contributed by atoms with Crippen LogP contribution in [-0.2, 0) is 6.42 Å². The molecule has 1 saturated heterocycles. The highest BCUT2D eigenvalue weighted by molar-refractivity contribution is 5.29. The van der Waals surface area contributed by atoms with E-state index in [9.17, 15) is 4.79 Å². The number of quaternary nitrogens is 1. The Morgan fingerprint density at radius 2 is 1.96 bits per heavy atom. The van der Waals surface area contributed by atoms with Gasteiger partial charge in [-0.1, -0.05) is 12.1 Å². The van der Waals surface area contributed by atoms with Crippen molar-refractivity contribution < 1.29 is 9.64 Å². The van der Waals surface area contributed by atoms with Gasteiger partial charge in [-0.25, -0.2) is 5.01 Å². The van der Waals surface area contributed by atoms with Crippen molar-refractivity contribution in [2.24, 2.45) is 0 Å². The van der Waals surface area contributed by atoms with Crippen molar-refractivity contribution in [1.82, 2.24) is 20.2 Å². The molecule has 1 fully saturated rings. The zero-order chi connectivity index (χ0) is 16.9. The maximum Gasteiger partial charge on any atom is 0.274 e. The fourth-order valence-corrected chi connectivity index (χ4v) is 2.61. The molecule has 0 bridgehead atoms. The lowest BCUT2D eigenvalue weighted by Gasteiger charge is -2.29. The lowest BCUT2D eigenvalue weighted by Crippen LogP contribution is -3.12. The van der Waals surface area contributed by atoms with Gasteiger partial charge in [0.25, 0.3) is 5.56 Å². The van der Waals surface area contributed by atoms with E-state index in [0.29, 0.717) is 18.1 Å². The van der Waals surface area contributed by atoms with Crippen LogP contribution in [0.15, 0.2) is 29.1 Å². The van der Waals surface area contributed by atoms with Crippen LogP contribution in [0.3, 0.4) is 0 Å². The van der Waals surface area contributed by atoms with Gasteiger partial charge in [0.2, 0.25) is 5.95 Å². The van der Waals surface area contributed by atoms with E-state index in [1.165, 1.54) is 4.90 Å². The molecule has 0 atom stereocenters. The second-order valence-electron chi connectivity index (χ2n) is 6.03. The molecule has 2 heterocycles. The molecule has 0 radical (unpaired) electrons. The Bertz CT molecular complexity index is 722. The summed E-state index contributed by atoms with van der Waals surface area (Å²) in [7, 11) is 3.80. The van der Waals surface area contributed by atoms with Crippen molar-refractivity contribution in [1.29, 1.82) is 0 Å². The van der Waals surface area contributed by atoms with Crippen molar-refractivity contribution in [3.05, 3.63) is 45.9 Å². The molecule has 1 aromatic heterocycles. The van der Waals surface area contributed by atoms with Gasteiger partial charge in [-0.2, -0.15) is 0 Å². The van der Waals surface area contributed by atoms with Crippen LogP contribution >= 0.6 is 0 Å². The summed E-state index contributed by atoms with van der Waals surface area (Å²) in [5.41, 5.74) is 4.28. The number of rotatable bonds is 5. The fraction of sp³-hybridized carbons (Fsp3) is 0.438. The predicted octanol–water partition coefficient (Wildman–Crippen LogP) is -1.08. The number of hydrazine groups is 1. The van der Waals surface area contributed by atoms with Crippen molar-refractivity contribution in [2.75, 3.05) is 45.8 Å². The predicted molar refractivity (Wildman–Crippen MR) is 90.3 cm³/mol. The van der Waals surface area contributed by atoms with E-state index in [1.807, 2.05) is 24.3 Å². The SMILES string of the molecule is COc1ccc(Cc2nnc(NN3CC[NH+](C)CC3)[nH]c2=O)cc1. The van der Waals surface area contributed by atoms with E-state index in [0.717, 1.165) is 37.5 Å². The number of ether oxygens (including phenoxy) is 1. The number of H-pyrrole nitrogens is 1. The van der Waals surface area contributed by atoms with Gasteiger partial charge < -0.3 is 9.64 Å². The molecule has 3 rings (SSSR count). The highest BCUT2D eigenvalue weighted by atomic mass is 16.5. The molecule has 1 aromatic carbocycles. The number of methoxy groups -OCH3 is 1. The Kier molecular flexibility index (Phi) is 5.07. The Morgan fingerprint density at radius 1 is 1.25 bits per heavy atom. The van der Waals surface area contributed by atoms with Crippen LogP contribution in [0.25, 0.3) is 0 Å². The second kappa shape index (κ2) is 7.41. The number of hydrogen-bond donors (Lipinski definition) is 3. The largest absolute Gasteiger partial charge is 0.497 e. The quantitative estimate of drug-likeness (QED) is 0.646. The summed E-state index contributed by atoms with van der Waals surface area (Å²) in [5, 5.41) is 10.2. The van der Waals surface area contributed by atoms with Crippen molar-refractivity contribution in [3.63, 3.8) is 0 Å². The van der Waals surface area contributed by atoms with Crippen LogP contribution in [0.1, 0.15) is 11.3 Å². The molecule has 2 aromatic rings. The Balaban J connectivity index is 1.64. The number of anilines is 1. The zero-order valence-corrected chi connectivity index (χ0v) is 14.0. The first-order chi connectivity index (χ1) is 11.6. The number of piperazine rings is 1. The molecule has 24 heavy (non-hydrogen) atoms. The Morgan fingerprint density at radius 3 is 2.58 bits per heavy atom. The van der Waals surface area contributed by atoms with Crippen LogP contribution in [0, 0.1) is 0 Å². The van der Waals surface area contributed by atoms with Gasteiger partial charge in [0, 0.05) is 6.42 Å². The summed E-state index contributed by atoms with van der Waals surface area (Å²) in [6.07, 6.45) is 0.435. The molecule has 8 heteroatoms. The standard InChI is InChI=1S/C16H22N6O2/c1-21-7-9-22(10-8-21)20-16-17-15(23)14(18-19-16)11-12-3-5-13(24-2)6-4-12/h3-6H,7-11H2,1-2H3,(H2,17,19,20,23)/p+1. The van der Waals surface area contributed by atoms with Gasteiger partial charge in [-0.05, 0) is 17.7 Å². The molecular formula is C16H23N6O2+. The van der Waals surface area contributed by atoms with Gasteiger partial charge in [0.1, 0.15) is 11.4 Å². The van der Waals surface area contributed by atoms with Crippen LogP contribution < -0.4 is 20.6 Å². The smallest absolute Gasteiger partial charge is 0.274 e. The lowest BCUT2D eigenvalue weighted by molar-refractivity contribution is -0.884. The van der Waals surface area contributed by atoms with Crippen molar-refractivity contribution in [2.45, 2.75) is 6.42 Å². The third kappa shape index (κ3) is 4.09. The van der Waals surface area contributed by atoms with Crippen LogP contribution in [0.5, 0.6) is 5.75 Å². The normalized spacial score (nSPS) is 16.1. The first kappa shape index (κ1) is 16.4. The zero-order valence-electron chi connectivity index (χ0n) is 14.0. The first-order valence-electron chi connectivity index (χ1n) is 8.06. The Hall–Kier alpha value is -2.45. The second-order valence-corrected chi connectivity index (χ2v) is 6.03. The maximum atomic E-state index is 12.2. The lowest BCUT2D eigenvalue weighted by atomic mass is 10.1. The highest BCUT2D eigenvalue weighted by Crippen LogP contribution is 2.12. The third-order valence-corrected chi connectivity index (χ3v) is 4.18. The highest BCUT2D eigenvalue weighted by Gasteiger charge is 2.17. The molecule has 0 spiro atoms. The van der Waals surface area contributed by atoms with Gasteiger partial charge in [-0.15, -0.1) is 10.2 Å². The van der Waals surface area contributed by atoms with Crippen molar-refractivity contribution in [3.8, 4) is 5.75 Å². The van der Waals surface area contributed by atoms with E-state index in [4.69, 9.17) is 4.74 Å². The molecule has 0 saturated carbocycles. The minimum Gasteiger partial charge on any atom is -0.497 e. The molecule has 1 aliphatic rings. The summed E-state index contributed by atoms with van der Waals surface area (Å²) >= 11 is 0. The molecular weight excluding hydrogens is 308 g/mol. The van der Waals surface area contributed by atoms with Crippen LogP contribution in [-0.4, -0.2) is 60.5 Å². The number of aromatic amines is 1. The van der Waals surface area contributed by atoms with E-state index >= 15 is 0 Å². The summed E-state index contributed by atoms with van der Waals surface area (Å²) in [5.74, 6) is 1.17. The van der Waals surface area contributed by atoms with Crippen LogP contribution in [0.4, 0.5) is 5.95 Å². The summed E-state index contributed by atoms with van der Waals surface area (Å²) in [4.78, 5) is 16.5. The molecule has 3 N–H and O–H groups in total. The van der Waals surface area contributed by atoms with Gasteiger partial charge in [0.15, 0.2) is 0 Å². The first-order valence-corrected chi connectivity index (χ1v) is 8.06. The third-order valence-electron chi connectivity index (χ3n) is 4.18. The molecule has 128 valence electrons. The fourth-order valence-electron chi connectivity index (χ4n) is 2.61. The molecule has 0 amide bonds. The van der Waals surface area contributed by atoms with Crippen LogP contribution in [0.2, 0.25) is 0 Å². The summed E-state index contributed by atoms with van der Waals surface area (Å²) < 4.78 is 5.13. The minimum atomic E-state index is -0.219. The number of nitrogens with one attached hydrogen (secondary N) is 3. The summed E-state index contributed by atoms with van der Waals surface area (Å²) in [6.45, 7) is 3.92.